The molecule has 4 nitrogen and oxygen atoms in total. The quantitative estimate of drug-likeness (QED) is 0.789. The van der Waals surface area contributed by atoms with E-state index in [1.54, 1.807) is 11.3 Å². The average molecular weight is 393 g/mol. The van der Waals surface area contributed by atoms with Gasteiger partial charge in [-0.25, -0.2) is 0 Å². The molecule has 1 fully saturated rings. The average Bonchev–Trinajstić information content (AvgIpc) is 2.92. The molecule has 3 rings (SSSR count). The molecule has 1 N–H and O–H groups in total. The first-order valence-electron chi connectivity index (χ1n) is 9.01. The maximum absolute atomic E-state index is 10.9. The number of benzene rings is 1. The first-order valence-corrected chi connectivity index (χ1v) is 10.2. The number of carbonyl (C=O) groups is 1. The van der Waals surface area contributed by atoms with Crippen molar-refractivity contribution in [1.29, 1.82) is 0 Å². The lowest BCUT2D eigenvalue weighted by Crippen LogP contribution is -2.36. The molecule has 1 atom stereocenters. The highest BCUT2D eigenvalue weighted by molar-refractivity contribution is 7.15. The van der Waals surface area contributed by atoms with Crippen LogP contribution in [0.1, 0.15) is 24.1 Å². The van der Waals surface area contributed by atoms with Gasteiger partial charge in [-0.2, -0.15) is 0 Å². The minimum atomic E-state index is -0.751. The molecule has 1 aliphatic heterocycles. The van der Waals surface area contributed by atoms with Crippen molar-refractivity contribution in [2.45, 2.75) is 31.8 Å². The summed E-state index contributed by atoms with van der Waals surface area (Å²) in [5, 5.41) is 9.78. The fraction of sp³-hybridized carbons (Fsp3) is 0.450. The van der Waals surface area contributed by atoms with Crippen molar-refractivity contribution in [2.24, 2.45) is 0 Å². The lowest BCUT2D eigenvalue weighted by Gasteiger charge is -2.25. The Morgan fingerprint density at radius 3 is 2.85 bits per heavy atom. The molecule has 2 aromatic rings. The van der Waals surface area contributed by atoms with Gasteiger partial charge >= 0.3 is 5.97 Å². The lowest BCUT2D eigenvalue weighted by atomic mass is 10.1. The summed E-state index contributed by atoms with van der Waals surface area (Å²) < 4.78 is 0. The number of carboxylic acids is 1. The van der Waals surface area contributed by atoms with Crippen LogP contribution >= 0.6 is 22.9 Å². The summed E-state index contributed by atoms with van der Waals surface area (Å²) in [5.41, 5.74) is 1.09. The Morgan fingerprint density at radius 1 is 1.27 bits per heavy atom. The standard InChI is InChI=1S/C20H25ClN2O2S/c1-22(14-20(24)25)15-5-4-11-23(12-10-15)13-16-8-9-19(26-16)17-6-2-3-7-18(17)21/h2-3,6-9,15H,4-5,10-14H2,1H3,(H,24,25). The Morgan fingerprint density at radius 2 is 2.08 bits per heavy atom. The van der Waals surface area contributed by atoms with Crippen LogP contribution in [0.15, 0.2) is 36.4 Å². The molecule has 0 bridgehead atoms. The van der Waals surface area contributed by atoms with Crippen LogP contribution in [0.3, 0.4) is 0 Å². The maximum Gasteiger partial charge on any atom is 0.317 e. The fourth-order valence-corrected chi connectivity index (χ4v) is 4.95. The van der Waals surface area contributed by atoms with Gasteiger partial charge in [-0.1, -0.05) is 29.8 Å². The third kappa shape index (κ3) is 5.07. The van der Waals surface area contributed by atoms with Crippen LogP contribution in [0.25, 0.3) is 10.4 Å². The number of carboxylic acid groups (broad SMARTS) is 1. The molecular weight excluding hydrogens is 368 g/mol. The number of likely N-dealkylation sites (N-methyl/N-ethyl adjacent to an activating group) is 1. The van der Waals surface area contributed by atoms with E-state index in [2.05, 4.69) is 23.1 Å². The number of thiophene rings is 1. The van der Waals surface area contributed by atoms with Crippen molar-refractivity contribution in [1.82, 2.24) is 9.80 Å². The van der Waals surface area contributed by atoms with E-state index in [9.17, 15) is 4.79 Å². The van der Waals surface area contributed by atoms with E-state index < -0.39 is 5.97 Å². The number of aliphatic carboxylic acids is 1. The zero-order chi connectivity index (χ0) is 18.5. The van der Waals surface area contributed by atoms with Crippen LogP contribution in [0.5, 0.6) is 0 Å². The number of hydrogen-bond donors (Lipinski definition) is 1. The molecule has 1 aromatic heterocycles. The number of halogens is 1. The van der Waals surface area contributed by atoms with E-state index in [1.807, 2.05) is 30.1 Å². The van der Waals surface area contributed by atoms with Crippen molar-refractivity contribution in [2.75, 3.05) is 26.7 Å². The largest absolute Gasteiger partial charge is 0.480 e. The Bertz CT molecular complexity index is 749. The Hall–Kier alpha value is -1.40. The van der Waals surface area contributed by atoms with E-state index in [0.717, 1.165) is 49.5 Å². The second kappa shape index (κ2) is 9.00. The number of hydrogen-bond acceptors (Lipinski definition) is 4. The van der Waals surface area contributed by atoms with E-state index in [4.69, 9.17) is 16.7 Å². The molecule has 2 heterocycles. The topological polar surface area (TPSA) is 43.8 Å². The van der Waals surface area contributed by atoms with Gasteiger partial charge in [0.1, 0.15) is 0 Å². The molecule has 0 saturated carbocycles. The highest BCUT2D eigenvalue weighted by Crippen LogP contribution is 2.33. The summed E-state index contributed by atoms with van der Waals surface area (Å²) in [7, 11) is 1.92. The molecule has 0 amide bonds. The van der Waals surface area contributed by atoms with Gasteiger partial charge in [-0.3, -0.25) is 14.6 Å². The van der Waals surface area contributed by atoms with Gasteiger partial charge in [0.15, 0.2) is 0 Å². The summed E-state index contributed by atoms with van der Waals surface area (Å²) in [5.74, 6) is -0.751. The summed E-state index contributed by atoms with van der Waals surface area (Å²) in [6, 6.07) is 12.7. The van der Waals surface area contributed by atoms with Gasteiger partial charge in [0.05, 0.1) is 6.54 Å². The van der Waals surface area contributed by atoms with Crippen LogP contribution in [-0.2, 0) is 11.3 Å². The number of nitrogens with zero attached hydrogens (tertiary/aromatic N) is 2. The SMILES string of the molecule is CN(CC(=O)O)C1CCCN(Cc2ccc(-c3ccccc3Cl)s2)CC1. The summed E-state index contributed by atoms with van der Waals surface area (Å²) in [4.78, 5) is 17.9. The monoisotopic (exact) mass is 392 g/mol. The number of likely N-dealkylation sites (tertiary alicyclic amines) is 1. The highest BCUT2D eigenvalue weighted by atomic mass is 35.5. The minimum absolute atomic E-state index is 0.122. The molecule has 1 aromatic carbocycles. The Balaban J connectivity index is 1.58. The summed E-state index contributed by atoms with van der Waals surface area (Å²) in [6.07, 6.45) is 3.19. The van der Waals surface area contributed by atoms with Crippen LogP contribution in [0.2, 0.25) is 5.02 Å². The smallest absolute Gasteiger partial charge is 0.317 e. The molecule has 140 valence electrons. The van der Waals surface area contributed by atoms with Gasteiger partial charge in [0, 0.05) is 39.5 Å². The zero-order valence-corrected chi connectivity index (χ0v) is 16.6. The second-order valence-electron chi connectivity index (χ2n) is 6.92. The highest BCUT2D eigenvalue weighted by Gasteiger charge is 2.22. The van der Waals surface area contributed by atoms with Crippen molar-refractivity contribution in [3.05, 3.63) is 46.3 Å². The van der Waals surface area contributed by atoms with Crippen LogP contribution < -0.4 is 0 Å². The van der Waals surface area contributed by atoms with E-state index in [1.165, 1.54) is 9.75 Å². The van der Waals surface area contributed by atoms with Gasteiger partial charge in [-0.05, 0) is 51.1 Å². The van der Waals surface area contributed by atoms with Crippen molar-refractivity contribution in [3.8, 4) is 10.4 Å². The molecule has 1 aliphatic rings. The van der Waals surface area contributed by atoms with E-state index in [0.29, 0.717) is 6.04 Å². The van der Waals surface area contributed by atoms with Gasteiger partial charge in [0.25, 0.3) is 0 Å². The van der Waals surface area contributed by atoms with Crippen molar-refractivity contribution in [3.63, 3.8) is 0 Å². The first-order chi connectivity index (χ1) is 12.5. The predicted molar refractivity (Wildman–Crippen MR) is 108 cm³/mol. The van der Waals surface area contributed by atoms with Gasteiger partial charge in [0.2, 0.25) is 0 Å². The van der Waals surface area contributed by atoms with Gasteiger partial charge in [-0.15, -0.1) is 11.3 Å². The van der Waals surface area contributed by atoms with Crippen molar-refractivity contribution >= 4 is 28.9 Å². The minimum Gasteiger partial charge on any atom is -0.480 e. The molecule has 0 radical (unpaired) electrons. The molecule has 0 aliphatic carbocycles. The molecule has 1 saturated heterocycles. The van der Waals surface area contributed by atoms with Gasteiger partial charge < -0.3 is 5.11 Å². The van der Waals surface area contributed by atoms with Crippen LogP contribution in [0.4, 0.5) is 0 Å². The fourth-order valence-electron chi connectivity index (χ4n) is 3.57. The van der Waals surface area contributed by atoms with E-state index >= 15 is 0 Å². The zero-order valence-electron chi connectivity index (χ0n) is 15.0. The van der Waals surface area contributed by atoms with Crippen LogP contribution in [-0.4, -0.2) is 53.6 Å². The predicted octanol–water partition coefficient (Wildman–Crippen LogP) is 4.44. The third-order valence-electron chi connectivity index (χ3n) is 4.98. The molecule has 6 heteroatoms. The maximum atomic E-state index is 10.9. The van der Waals surface area contributed by atoms with Crippen LogP contribution in [0, 0.1) is 0 Å². The van der Waals surface area contributed by atoms with Crippen molar-refractivity contribution < 1.29 is 9.90 Å². The third-order valence-corrected chi connectivity index (χ3v) is 6.41. The second-order valence-corrected chi connectivity index (χ2v) is 8.49. The number of rotatable bonds is 6. The lowest BCUT2D eigenvalue weighted by molar-refractivity contribution is -0.138. The Labute approximate surface area is 164 Å². The summed E-state index contributed by atoms with van der Waals surface area (Å²) in [6.45, 7) is 3.14. The van der Waals surface area contributed by atoms with E-state index in [-0.39, 0.29) is 6.54 Å². The molecular formula is C20H25ClN2O2S. The normalized spacial score (nSPS) is 18.8. The molecule has 0 spiro atoms. The first kappa shape index (κ1) is 19.4. The summed E-state index contributed by atoms with van der Waals surface area (Å²) >= 11 is 8.11. The Kier molecular flexibility index (Phi) is 6.70. The molecule has 26 heavy (non-hydrogen) atoms. The molecule has 1 unspecified atom stereocenters.